The van der Waals surface area contributed by atoms with Gasteiger partial charge >= 0.3 is 5.97 Å². The number of unbranched alkanes of at least 4 members (excludes halogenated alkanes) is 4. The summed E-state index contributed by atoms with van der Waals surface area (Å²) in [5.41, 5.74) is 0. The zero-order chi connectivity index (χ0) is 36.6. The molecule has 1 saturated heterocycles. The number of hydrogen-bond donors (Lipinski definition) is 6. The molecule has 1 aliphatic rings. The molecule has 0 spiro atoms. The number of hydrogen-bond acceptors (Lipinski definition) is 9. The van der Waals surface area contributed by atoms with E-state index in [1.54, 1.807) is 13.8 Å². The van der Waals surface area contributed by atoms with Crippen LogP contribution in [0.5, 0.6) is 0 Å². The van der Waals surface area contributed by atoms with Gasteiger partial charge in [0.2, 0.25) is 29.5 Å². The fourth-order valence-corrected chi connectivity index (χ4v) is 5.74. The molecule has 5 amide bonds. The first-order valence-electron chi connectivity index (χ1n) is 17.6. The quantitative estimate of drug-likeness (QED) is 0.122. The van der Waals surface area contributed by atoms with Crippen molar-refractivity contribution in [3.63, 3.8) is 0 Å². The van der Waals surface area contributed by atoms with Gasteiger partial charge in [-0.3, -0.25) is 28.8 Å². The Morgan fingerprint density at radius 3 is 2.00 bits per heavy atom. The Morgan fingerprint density at radius 1 is 0.833 bits per heavy atom. The molecule has 0 aliphatic carbocycles. The number of ether oxygens (including phenoxy) is 1. The van der Waals surface area contributed by atoms with Crippen LogP contribution in [0.1, 0.15) is 106 Å². The third-order valence-corrected chi connectivity index (χ3v) is 8.97. The molecule has 0 saturated carbocycles. The number of aliphatic hydroxyl groups is 2. The number of esters is 1. The Bertz CT molecular complexity index is 1070. The molecule has 6 N–H and O–H groups in total. The van der Waals surface area contributed by atoms with Gasteiger partial charge in [-0.1, -0.05) is 73.6 Å². The molecule has 1 aliphatic heterocycles. The van der Waals surface area contributed by atoms with Crippen LogP contribution in [0.25, 0.3) is 0 Å². The molecule has 14 heteroatoms. The minimum atomic E-state index is -1.53. The van der Waals surface area contributed by atoms with Crippen molar-refractivity contribution in [3.8, 4) is 0 Å². The lowest BCUT2D eigenvalue weighted by atomic mass is 9.91. The number of nitrogens with zero attached hydrogens (tertiary/aromatic N) is 1. The van der Waals surface area contributed by atoms with Gasteiger partial charge in [-0.2, -0.15) is 0 Å². The van der Waals surface area contributed by atoms with Crippen LogP contribution in [0, 0.1) is 17.8 Å². The molecule has 8 atom stereocenters. The molecule has 1 fully saturated rings. The maximum atomic E-state index is 14.1. The summed E-state index contributed by atoms with van der Waals surface area (Å²) in [4.78, 5) is 82.1. The highest BCUT2D eigenvalue weighted by molar-refractivity contribution is 5.96. The fraction of sp³-hybridized carbons (Fsp3) is 0.824. The Morgan fingerprint density at radius 2 is 1.46 bits per heavy atom. The van der Waals surface area contributed by atoms with Crippen molar-refractivity contribution in [2.75, 3.05) is 20.2 Å². The van der Waals surface area contributed by atoms with Crippen LogP contribution in [-0.4, -0.2) is 107 Å². The molecule has 0 bridgehead atoms. The third-order valence-electron chi connectivity index (χ3n) is 8.97. The van der Waals surface area contributed by atoms with Gasteiger partial charge in [0.25, 0.3) is 0 Å². The Hall–Kier alpha value is -3.26. The van der Waals surface area contributed by atoms with E-state index in [4.69, 9.17) is 4.74 Å². The molecule has 0 aromatic carbocycles. The second-order valence-electron chi connectivity index (χ2n) is 13.4. The number of carbonyl (C=O) groups excluding carboxylic acids is 6. The molecule has 2 unspecified atom stereocenters. The molecular formula is C34H61N5O9. The highest BCUT2D eigenvalue weighted by Crippen LogP contribution is 2.24. The molecular weight excluding hydrogens is 622 g/mol. The van der Waals surface area contributed by atoms with Crippen molar-refractivity contribution in [2.45, 2.75) is 143 Å². The van der Waals surface area contributed by atoms with Gasteiger partial charge in [0.15, 0.2) is 0 Å². The minimum Gasteiger partial charge on any atom is -0.460 e. The van der Waals surface area contributed by atoms with E-state index in [1.165, 1.54) is 18.9 Å². The fourth-order valence-electron chi connectivity index (χ4n) is 5.74. The molecule has 14 nitrogen and oxygen atoms in total. The smallest absolute Gasteiger partial charge is 0.325 e. The second-order valence-corrected chi connectivity index (χ2v) is 13.4. The van der Waals surface area contributed by atoms with Crippen molar-refractivity contribution in [1.29, 1.82) is 0 Å². The lowest BCUT2D eigenvalue weighted by Crippen LogP contribution is -2.61. The van der Waals surface area contributed by atoms with Gasteiger partial charge in [-0.05, 0) is 44.4 Å². The van der Waals surface area contributed by atoms with E-state index >= 15 is 0 Å². The highest BCUT2D eigenvalue weighted by Gasteiger charge is 2.39. The van der Waals surface area contributed by atoms with Crippen LogP contribution < -0.4 is 21.3 Å². The minimum absolute atomic E-state index is 0.00584. The molecule has 0 aromatic rings. The average Bonchev–Trinajstić information content (AvgIpc) is 3.04. The van der Waals surface area contributed by atoms with Crippen LogP contribution >= 0.6 is 0 Å². The lowest BCUT2D eigenvalue weighted by molar-refractivity contribution is -0.158. The van der Waals surface area contributed by atoms with E-state index in [2.05, 4.69) is 28.2 Å². The van der Waals surface area contributed by atoms with Gasteiger partial charge in [-0.25, -0.2) is 0 Å². The standard InChI is InChI=1S/C34H61N5O9/c1-9-12-13-14-15-16-26-23(11-3)34(47)39(8)25(17-20(4)5)31(44)37-28(21(6)10-2)33(46)36-24(19-40)30(43)38-29(22(7)41)32(45)35-18-27(42)48-26/h20-26,28-29,40-41H,9-19H2,1-8H3,(H,35,45)(H,36,46)(H,37,44)(H,38,43)/t21?,22?,23-,24+,25+,26-,28+,29+/m1/s1. The first kappa shape index (κ1) is 42.8. The Balaban J connectivity index is 3.67. The number of cyclic esters (lactones) is 1. The maximum Gasteiger partial charge on any atom is 0.325 e. The summed E-state index contributed by atoms with van der Waals surface area (Å²) in [6, 6.07) is -5.15. The normalized spacial score (nSPS) is 27.1. The van der Waals surface area contributed by atoms with Crippen molar-refractivity contribution in [3.05, 3.63) is 0 Å². The molecule has 0 aromatic heterocycles. The number of amides is 5. The first-order valence-corrected chi connectivity index (χ1v) is 17.6. The van der Waals surface area contributed by atoms with Crippen molar-refractivity contribution < 1.29 is 43.7 Å². The number of nitrogens with one attached hydrogen (secondary N) is 4. The summed E-state index contributed by atoms with van der Waals surface area (Å²) < 4.78 is 5.83. The summed E-state index contributed by atoms with van der Waals surface area (Å²) in [5.74, 6) is -5.54. The zero-order valence-corrected chi connectivity index (χ0v) is 30.2. The van der Waals surface area contributed by atoms with E-state index in [0.29, 0.717) is 25.7 Å². The van der Waals surface area contributed by atoms with E-state index < -0.39 is 91.0 Å². The molecule has 0 radical (unpaired) electrons. The number of carbonyl (C=O) groups is 6. The molecule has 1 heterocycles. The monoisotopic (exact) mass is 683 g/mol. The number of aliphatic hydroxyl groups excluding tert-OH is 2. The van der Waals surface area contributed by atoms with Crippen LogP contribution in [0.2, 0.25) is 0 Å². The number of likely N-dealkylation sites (N-methyl/N-ethyl adjacent to an activating group) is 1. The lowest BCUT2D eigenvalue weighted by Gasteiger charge is -2.35. The zero-order valence-electron chi connectivity index (χ0n) is 30.2. The maximum absolute atomic E-state index is 14.1. The van der Waals surface area contributed by atoms with Crippen molar-refractivity contribution >= 4 is 35.5 Å². The molecule has 48 heavy (non-hydrogen) atoms. The largest absolute Gasteiger partial charge is 0.460 e. The van der Waals surface area contributed by atoms with Gasteiger partial charge in [0.1, 0.15) is 36.8 Å². The topological polar surface area (TPSA) is 203 Å². The molecule has 1 rings (SSSR count). The summed E-state index contributed by atoms with van der Waals surface area (Å²) >= 11 is 0. The van der Waals surface area contributed by atoms with E-state index in [1.807, 2.05) is 20.8 Å². The van der Waals surface area contributed by atoms with Gasteiger partial charge in [0, 0.05) is 7.05 Å². The third kappa shape index (κ3) is 13.3. The summed E-state index contributed by atoms with van der Waals surface area (Å²) in [6.07, 6.45) is 3.89. The van der Waals surface area contributed by atoms with Crippen LogP contribution in [0.4, 0.5) is 0 Å². The highest BCUT2D eigenvalue weighted by atomic mass is 16.5. The second kappa shape index (κ2) is 21.7. The Kier molecular flexibility index (Phi) is 19.3. The predicted octanol–water partition coefficient (Wildman–Crippen LogP) is 1.16. The number of rotatable bonds is 13. The SMILES string of the molecule is CCCCCCC[C@H]1OC(=O)CNC(=O)[C@H](C(C)O)NC(=O)[C@H](CO)NC(=O)[C@H](C(C)CC)NC(=O)[C@H](CC(C)C)N(C)C(=O)[C@@H]1CC. The van der Waals surface area contributed by atoms with E-state index in [-0.39, 0.29) is 18.2 Å². The van der Waals surface area contributed by atoms with Crippen molar-refractivity contribution in [1.82, 2.24) is 26.2 Å². The van der Waals surface area contributed by atoms with Gasteiger partial charge in [-0.15, -0.1) is 0 Å². The Labute approximate surface area is 285 Å². The first-order chi connectivity index (χ1) is 22.6. The van der Waals surface area contributed by atoms with Crippen LogP contribution in [-0.2, 0) is 33.5 Å². The van der Waals surface area contributed by atoms with Crippen molar-refractivity contribution in [2.24, 2.45) is 17.8 Å². The van der Waals surface area contributed by atoms with Crippen LogP contribution in [0.15, 0.2) is 0 Å². The summed E-state index contributed by atoms with van der Waals surface area (Å²) in [5, 5.41) is 30.2. The predicted molar refractivity (Wildman–Crippen MR) is 180 cm³/mol. The van der Waals surface area contributed by atoms with E-state index in [9.17, 15) is 39.0 Å². The van der Waals surface area contributed by atoms with Gasteiger partial charge < -0.3 is 41.1 Å². The summed E-state index contributed by atoms with van der Waals surface area (Å²) in [6.45, 7) is 11.1. The summed E-state index contributed by atoms with van der Waals surface area (Å²) in [7, 11) is 1.53. The molecule has 276 valence electrons. The van der Waals surface area contributed by atoms with E-state index in [0.717, 1.165) is 25.7 Å². The van der Waals surface area contributed by atoms with Crippen LogP contribution in [0.3, 0.4) is 0 Å². The average molecular weight is 684 g/mol. The van der Waals surface area contributed by atoms with Gasteiger partial charge in [0.05, 0.1) is 18.6 Å².